The highest BCUT2D eigenvalue weighted by atomic mass is 15.3. The highest BCUT2D eigenvalue weighted by Gasteiger charge is 2.27. The first-order valence-corrected chi connectivity index (χ1v) is 6.47. The van der Waals surface area contributed by atoms with E-state index >= 15 is 0 Å². The second-order valence-electron chi connectivity index (χ2n) is 4.89. The molecule has 1 saturated heterocycles. The van der Waals surface area contributed by atoms with E-state index in [1.54, 1.807) is 6.33 Å². The molecular weight excluding hydrogens is 214 g/mol. The van der Waals surface area contributed by atoms with Gasteiger partial charge in [-0.15, -0.1) is 0 Å². The molecule has 1 aromatic heterocycles. The van der Waals surface area contributed by atoms with Gasteiger partial charge in [-0.3, -0.25) is 9.58 Å². The van der Waals surface area contributed by atoms with Crippen molar-refractivity contribution >= 4 is 0 Å². The Bertz CT molecular complexity index is 348. The monoisotopic (exact) mass is 237 g/mol. The van der Waals surface area contributed by atoms with Gasteiger partial charge in [0.2, 0.25) is 0 Å². The summed E-state index contributed by atoms with van der Waals surface area (Å²) in [4.78, 5) is 6.79. The maximum atomic E-state index is 4.29. The molecule has 0 saturated carbocycles. The molecule has 1 aromatic rings. The highest BCUT2D eigenvalue weighted by Crippen LogP contribution is 2.20. The van der Waals surface area contributed by atoms with Crippen LogP contribution in [0.2, 0.25) is 0 Å². The van der Waals surface area contributed by atoms with Crippen LogP contribution in [0, 0.1) is 5.92 Å². The quantitative estimate of drug-likeness (QED) is 0.834. The van der Waals surface area contributed by atoms with Gasteiger partial charge in [-0.25, -0.2) is 4.98 Å². The number of aryl methyl sites for hydroxylation is 1. The molecule has 1 N–H and O–H groups in total. The Morgan fingerprint density at radius 1 is 1.53 bits per heavy atom. The summed E-state index contributed by atoms with van der Waals surface area (Å²) in [6.45, 7) is 5.51. The average Bonchev–Trinajstić information content (AvgIpc) is 2.75. The van der Waals surface area contributed by atoms with Gasteiger partial charge in [-0.05, 0) is 19.4 Å². The van der Waals surface area contributed by atoms with Crippen molar-refractivity contribution in [2.45, 2.75) is 32.4 Å². The largest absolute Gasteiger partial charge is 0.317 e. The highest BCUT2D eigenvalue weighted by molar-refractivity contribution is 4.88. The molecular formula is C12H23N5. The Balaban J connectivity index is 1.93. The second kappa shape index (κ2) is 5.60. The summed E-state index contributed by atoms with van der Waals surface area (Å²) >= 11 is 0. The molecule has 2 unspecified atom stereocenters. The Kier molecular flexibility index (Phi) is 4.12. The maximum absolute atomic E-state index is 4.29. The SMILES string of the molecule is CCC1CN(Cc2ncnn2C)CCC1NC. The average molecular weight is 237 g/mol. The summed E-state index contributed by atoms with van der Waals surface area (Å²) in [5.41, 5.74) is 0. The van der Waals surface area contributed by atoms with E-state index in [0.29, 0.717) is 6.04 Å². The van der Waals surface area contributed by atoms with Crippen LogP contribution in [0.25, 0.3) is 0 Å². The van der Waals surface area contributed by atoms with E-state index < -0.39 is 0 Å². The zero-order valence-corrected chi connectivity index (χ0v) is 11.1. The summed E-state index contributed by atoms with van der Waals surface area (Å²) in [7, 11) is 4.03. The lowest BCUT2D eigenvalue weighted by Gasteiger charge is -2.37. The van der Waals surface area contributed by atoms with Gasteiger partial charge >= 0.3 is 0 Å². The van der Waals surface area contributed by atoms with Crippen molar-refractivity contribution in [1.29, 1.82) is 0 Å². The third-order valence-corrected chi connectivity index (χ3v) is 3.88. The predicted octanol–water partition coefficient (Wildman–Crippen LogP) is 0.635. The van der Waals surface area contributed by atoms with Crippen LogP contribution >= 0.6 is 0 Å². The molecule has 2 atom stereocenters. The molecule has 2 heterocycles. The molecule has 0 bridgehead atoms. The lowest BCUT2D eigenvalue weighted by Crippen LogP contribution is -2.47. The molecule has 0 aliphatic carbocycles. The van der Waals surface area contributed by atoms with E-state index in [-0.39, 0.29) is 0 Å². The van der Waals surface area contributed by atoms with Crippen LogP contribution in [-0.2, 0) is 13.6 Å². The van der Waals surface area contributed by atoms with Crippen LogP contribution in [0.3, 0.4) is 0 Å². The van der Waals surface area contributed by atoms with Crippen molar-refractivity contribution in [2.24, 2.45) is 13.0 Å². The molecule has 5 nitrogen and oxygen atoms in total. The Morgan fingerprint density at radius 3 is 2.94 bits per heavy atom. The van der Waals surface area contributed by atoms with Crippen molar-refractivity contribution in [3.63, 3.8) is 0 Å². The third-order valence-electron chi connectivity index (χ3n) is 3.88. The van der Waals surface area contributed by atoms with Crippen molar-refractivity contribution in [2.75, 3.05) is 20.1 Å². The number of nitrogens with zero attached hydrogens (tertiary/aromatic N) is 4. The standard InChI is InChI=1S/C12H23N5/c1-4-10-7-17(6-5-11(10)13-2)8-12-14-9-15-16(12)3/h9-11,13H,4-8H2,1-3H3. The molecule has 96 valence electrons. The van der Waals surface area contributed by atoms with Gasteiger partial charge in [0.25, 0.3) is 0 Å². The third kappa shape index (κ3) is 2.84. The van der Waals surface area contributed by atoms with Crippen molar-refractivity contribution < 1.29 is 0 Å². The summed E-state index contributed by atoms with van der Waals surface area (Å²) in [6.07, 6.45) is 4.10. The Morgan fingerprint density at radius 2 is 2.35 bits per heavy atom. The van der Waals surface area contributed by atoms with Crippen LogP contribution in [0.4, 0.5) is 0 Å². The summed E-state index contributed by atoms with van der Waals surface area (Å²) in [5, 5.41) is 7.55. The minimum absolute atomic E-state index is 0.677. The normalized spacial score (nSPS) is 26.3. The molecule has 1 aliphatic heterocycles. The van der Waals surface area contributed by atoms with Crippen LogP contribution in [0.15, 0.2) is 6.33 Å². The number of hydrogen-bond donors (Lipinski definition) is 1. The van der Waals surface area contributed by atoms with Crippen LogP contribution in [0.1, 0.15) is 25.6 Å². The summed E-state index contributed by atoms with van der Waals surface area (Å²) in [6, 6.07) is 0.677. The van der Waals surface area contributed by atoms with E-state index in [1.807, 2.05) is 11.7 Å². The molecule has 17 heavy (non-hydrogen) atoms. The smallest absolute Gasteiger partial charge is 0.140 e. The minimum Gasteiger partial charge on any atom is -0.317 e. The zero-order chi connectivity index (χ0) is 12.3. The van der Waals surface area contributed by atoms with E-state index in [9.17, 15) is 0 Å². The molecule has 0 spiro atoms. The molecule has 5 heteroatoms. The number of hydrogen-bond acceptors (Lipinski definition) is 4. The van der Waals surface area contributed by atoms with Crippen LogP contribution in [0.5, 0.6) is 0 Å². The number of rotatable bonds is 4. The van der Waals surface area contributed by atoms with E-state index in [1.165, 1.54) is 12.8 Å². The molecule has 1 aliphatic rings. The fraction of sp³-hybridized carbons (Fsp3) is 0.833. The van der Waals surface area contributed by atoms with Gasteiger partial charge < -0.3 is 5.32 Å². The molecule has 0 amide bonds. The Hall–Kier alpha value is -0.940. The first kappa shape index (κ1) is 12.5. The lowest BCUT2D eigenvalue weighted by atomic mass is 9.90. The van der Waals surface area contributed by atoms with Gasteiger partial charge in [0.15, 0.2) is 0 Å². The topological polar surface area (TPSA) is 46.0 Å². The van der Waals surface area contributed by atoms with Crippen molar-refractivity contribution in [1.82, 2.24) is 25.0 Å². The first-order chi connectivity index (χ1) is 8.24. The zero-order valence-electron chi connectivity index (χ0n) is 11.1. The Labute approximate surface area is 103 Å². The van der Waals surface area contributed by atoms with Gasteiger partial charge in [0.05, 0.1) is 6.54 Å². The number of aromatic nitrogens is 3. The van der Waals surface area contributed by atoms with E-state index in [4.69, 9.17) is 0 Å². The predicted molar refractivity (Wildman–Crippen MR) is 67.5 cm³/mol. The van der Waals surface area contributed by atoms with Gasteiger partial charge in [-0.2, -0.15) is 5.10 Å². The van der Waals surface area contributed by atoms with Crippen LogP contribution < -0.4 is 5.32 Å². The van der Waals surface area contributed by atoms with Gasteiger partial charge in [-0.1, -0.05) is 13.3 Å². The van der Waals surface area contributed by atoms with Gasteiger partial charge in [0.1, 0.15) is 12.2 Å². The summed E-state index contributed by atoms with van der Waals surface area (Å²) < 4.78 is 1.87. The van der Waals surface area contributed by atoms with Crippen molar-refractivity contribution in [3.05, 3.63) is 12.2 Å². The second-order valence-corrected chi connectivity index (χ2v) is 4.89. The number of likely N-dealkylation sites (tertiary alicyclic amines) is 1. The molecule has 0 radical (unpaired) electrons. The van der Waals surface area contributed by atoms with Crippen LogP contribution in [-0.4, -0.2) is 45.8 Å². The first-order valence-electron chi connectivity index (χ1n) is 6.47. The fourth-order valence-corrected chi connectivity index (χ4v) is 2.71. The summed E-state index contributed by atoms with van der Waals surface area (Å²) in [5.74, 6) is 1.81. The van der Waals surface area contributed by atoms with E-state index in [0.717, 1.165) is 31.4 Å². The molecule has 1 fully saturated rings. The maximum Gasteiger partial charge on any atom is 0.140 e. The molecule has 0 aromatic carbocycles. The van der Waals surface area contributed by atoms with Crippen molar-refractivity contribution in [3.8, 4) is 0 Å². The number of nitrogens with one attached hydrogen (secondary N) is 1. The minimum atomic E-state index is 0.677. The fourth-order valence-electron chi connectivity index (χ4n) is 2.71. The number of piperidine rings is 1. The van der Waals surface area contributed by atoms with Gasteiger partial charge in [0, 0.05) is 26.2 Å². The molecule has 2 rings (SSSR count). The lowest BCUT2D eigenvalue weighted by molar-refractivity contribution is 0.128. The van der Waals surface area contributed by atoms with E-state index in [2.05, 4.69) is 34.3 Å².